The highest BCUT2D eigenvalue weighted by molar-refractivity contribution is 9.11. The van der Waals surface area contributed by atoms with E-state index in [4.69, 9.17) is 4.42 Å². The first-order valence-corrected chi connectivity index (χ1v) is 10.1. The van der Waals surface area contributed by atoms with Gasteiger partial charge in [-0.1, -0.05) is 28.1 Å². The van der Waals surface area contributed by atoms with Crippen molar-refractivity contribution in [2.75, 3.05) is 0 Å². The van der Waals surface area contributed by atoms with Gasteiger partial charge in [0.15, 0.2) is 17.0 Å². The molecule has 0 bridgehead atoms. The zero-order valence-corrected chi connectivity index (χ0v) is 18.0. The number of furan rings is 1. The van der Waals surface area contributed by atoms with Gasteiger partial charge < -0.3 is 9.73 Å². The summed E-state index contributed by atoms with van der Waals surface area (Å²) in [6.45, 7) is 0.0653. The van der Waals surface area contributed by atoms with Crippen LogP contribution in [0.1, 0.15) is 21.9 Å². The third-order valence-corrected chi connectivity index (χ3v) is 5.44. The molecule has 0 aliphatic carbocycles. The van der Waals surface area contributed by atoms with E-state index in [0.717, 1.165) is 10.5 Å². The number of aromatic nitrogens is 3. The van der Waals surface area contributed by atoms with Gasteiger partial charge in [0.1, 0.15) is 5.76 Å². The van der Waals surface area contributed by atoms with Crippen molar-refractivity contribution in [1.29, 1.82) is 0 Å². The van der Waals surface area contributed by atoms with E-state index in [2.05, 4.69) is 47.3 Å². The van der Waals surface area contributed by atoms with Gasteiger partial charge in [-0.2, -0.15) is 18.3 Å². The second kappa shape index (κ2) is 7.88. The Morgan fingerprint density at radius 3 is 2.53 bits per heavy atom. The number of amides is 1. The molecule has 6 nitrogen and oxygen atoms in total. The van der Waals surface area contributed by atoms with Crippen LogP contribution in [0.15, 0.2) is 62.1 Å². The predicted octanol–water partition coefficient (Wildman–Crippen LogP) is 5.46. The maximum atomic E-state index is 13.7. The van der Waals surface area contributed by atoms with Crippen LogP contribution in [0.2, 0.25) is 0 Å². The highest BCUT2D eigenvalue weighted by atomic mass is 79.9. The summed E-state index contributed by atoms with van der Waals surface area (Å²) in [5.41, 5.74) is -0.789. The molecule has 0 saturated heterocycles. The Morgan fingerprint density at radius 2 is 1.90 bits per heavy atom. The smallest absolute Gasteiger partial charge is 0.433 e. The lowest BCUT2D eigenvalue weighted by atomic mass is 10.1. The molecule has 4 rings (SSSR count). The van der Waals surface area contributed by atoms with Crippen molar-refractivity contribution in [1.82, 2.24) is 19.9 Å². The third kappa shape index (κ3) is 3.99. The monoisotopic (exact) mass is 542 g/mol. The Balaban J connectivity index is 1.80. The van der Waals surface area contributed by atoms with Crippen molar-refractivity contribution in [3.63, 3.8) is 0 Å². The molecule has 0 fully saturated rings. The molecule has 154 valence electrons. The van der Waals surface area contributed by atoms with E-state index < -0.39 is 17.8 Å². The number of alkyl halides is 3. The highest BCUT2D eigenvalue weighted by Gasteiger charge is 2.36. The van der Waals surface area contributed by atoms with Crippen LogP contribution in [-0.2, 0) is 12.7 Å². The Morgan fingerprint density at radius 1 is 1.17 bits per heavy atom. The number of nitrogens with one attached hydrogen (secondary N) is 1. The zero-order valence-electron chi connectivity index (χ0n) is 14.9. The summed E-state index contributed by atoms with van der Waals surface area (Å²) < 4.78 is 47.8. The number of nitrogens with zero attached hydrogens (tertiary/aromatic N) is 3. The molecule has 4 aromatic rings. The van der Waals surface area contributed by atoms with Crippen LogP contribution in [0.25, 0.3) is 16.9 Å². The summed E-state index contributed by atoms with van der Waals surface area (Å²) in [7, 11) is 0. The topological polar surface area (TPSA) is 72.4 Å². The van der Waals surface area contributed by atoms with E-state index in [1.807, 2.05) is 0 Å². The first-order chi connectivity index (χ1) is 14.2. The molecular weight excluding hydrogens is 533 g/mol. The minimum Gasteiger partial charge on any atom is -0.467 e. The number of halogens is 5. The fourth-order valence-electron chi connectivity index (χ4n) is 2.77. The van der Waals surface area contributed by atoms with Gasteiger partial charge in [-0.3, -0.25) is 4.79 Å². The van der Waals surface area contributed by atoms with Crippen molar-refractivity contribution in [2.45, 2.75) is 12.7 Å². The average Bonchev–Trinajstić information content (AvgIpc) is 3.33. The third-order valence-electron chi connectivity index (χ3n) is 4.18. The van der Waals surface area contributed by atoms with E-state index in [9.17, 15) is 18.0 Å². The van der Waals surface area contributed by atoms with Crippen molar-refractivity contribution in [3.8, 4) is 11.3 Å². The number of rotatable bonds is 4. The molecule has 11 heteroatoms. The summed E-state index contributed by atoms with van der Waals surface area (Å²) >= 11 is 6.48. The van der Waals surface area contributed by atoms with Crippen LogP contribution < -0.4 is 5.32 Å². The van der Waals surface area contributed by atoms with E-state index >= 15 is 0 Å². The average molecular weight is 544 g/mol. The van der Waals surface area contributed by atoms with E-state index in [1.54, 1.807) is 36.4 Å². The lowest BCUT2D eigenvalue weighted by Gasteiger charge is -2.11. The van der Waals surface area contributed by atoms with Crippen molar-refractivity contribution >= 4 is 43.4 Å². The van der Waals surface area contributed by atoms with E-state index in [-0.39, 0.29) is 28.1 Å². The summed E-state index contributed by atoms with van der Waals surface area (Å²) in [5, 5.41) is 6.43. The van der Waals surface area contributed by atoms with Crippen LogP contribution in [-0.4, -0.2) is 20.5 Å². The Bertz CT molecular complexity index is 1220. The van der Waals surface area contributed by atoms with Gasteiger partial charge in [-0.25, -0.2) is 9.50 Å². The SMILES string of the molecule is O=C(NCc1ccco1)c1nn2c(C(F)(F)F)cc(-c3ccc(Br)cc3)nc2c1Br. The van der Waals surface area contributed by atoms with Gasteiger partial charge >= 0.3 is 6.18 Å². The molecule has 1 N–H and O–H groups in total. The molecule has 3 heterocycles. The van der Waals surface area contributed by atoms with E-state index in [0.29, 0.717) is 15.8 Å². The maximum absolute atomic E-state index is 13.7. The second-order valence-corrected chi connectivity index (χ2v) is 7.90. The van der Waals surface area contributed by atoms with Crippen LogP contribution in [0.4, 0.5) is 13.2 Å². The summed E-state index contributed by atoms with van der Waals surface area (Å²) in [4.78, 5) is 16.8. The van der Waals surface area contributed by atoms with Gasteiger partial charge in [0, 0.05) is 10.0 Å². The highest BCUT2D eigenvalue weighted by Crippen LogP contribution is 2.34. The minimum atomic E-state index is -4.71. The number of benzene rings is 1. The molecule has 3 aromatic heterocycles. The van der Waals surface area contributed by atoms with Gasteiger partial charge in [-0.15, -0.1) is 0 Å². The lowest BCUT2D eigenvalue weighted by molar-refractivity contribution is -0.142. The van der Waals surface area contributed by atoms with Gasteiger partial charge in [-0.05, 0) is 46.3 Å². The molecule has 1 aromatic carbocycles. The lowest BCUT2D eigenvalue weighted by Crippen LogP contribution is -2.23. The summed E-state index contributed by atoms with van der Waals surface area (Å²) in [6.07, 6.45) is -3.26. The Hall–Kier alpha value is -2.66. The summed E-state index contributed by atoms with van der Waals surface area (Å²) in [6, 6.07) is 10.9. The molecule has 1 amide bonds. The van der Waals surface area contributed by atoms with Gasteiger partial charge in [0.25, 0.3) is 5.91 Å². The molecular formula is C19H11Br2F3N4O2. The van der Waals surface area contributed by atoms with Crippen molar-refractivity contribution in [3.05, 3.63) is 74.8 Å². The maximum Gasteiger partial charge on any atom is 0.433 e. The first kappa shape index (κ1) is 20.6. The molecule has 0 unspecified atom stereocenters. The fourth-order valence-corrected chi connectivity index (χ4v) is 3.55. The van der Waals surface area contributed by atoms with Crippen LogP contribution in [0, 0.1) is 0 Å². The standard InChI is InChI=1S/C19H11Br2F3N4O2/c20-11-5-3-10(4-6-11)13-8-14(19(22,23)24)28-17(26-13)15(21)16(27-28)18(29)25-9-12-2-1-7-30-12/h1-8H,9H2,(H,25,29). The second-order valence-electron chi connectivity index (χ2n) is 6.19. The zero-order chi connectivity index (χ0) is 21.5. The minimum absolute atomic E-state index is 0.0592. The quantitative estimate of drug-likeness (QED) is 0.371. The summed E-state index contributed by atoms with van der Waals surface area (Å²) in [5.74, 6) is -0.169. The fraction of sp³-hybridized carbons (Fsp3) is 0.105. The molecule has 0 saturated carbocycles. The van der Waals surface area contributed by atoms with Crippen LogP contribution >= 0.6 is 31.9 Å². The largest absolute Gasteiger partial charge is 0.467 e. The predicted molar refractivity (Wildman–Crippen MR) is 109 cm³/mol. The number of carbonyl (C=O) groups is 1. The molecule has 30 heavy (non-hydrogen) atoms. The van der Waals surface area contributed by atoms with Crippen LogP contribution in [0.5, 0.6) is 0 Å². The first-order valence-electron chi connectivity index (χ1n) is 8.47. The Labute approximate surface area is 184 Å². The molecule has 0 aliphatic heterocycles. The normalized spacial score (nSPS) is 11.8. The van der Waals surface area contributed by atoms with Crippen molar-refractivity contribution < 1.29 is 22.4 Å². The molecule has 0 atom stereocenters. The number of hydrogen-bond donors (Lipinski definition) is 1. The van der Waals surface area contributed by atoms with Crippen molar-refractivity contribution in [2.24, 2.45) is 0 Å². The van der Waals surface area contributed by atoms with Gasteiger partial charge in [0.2, 0.25) is 0 Å². The number of carbonyl (C=O) groups excluding carboxylic acids is 1. The molecule has 0 radical (unpaired) electrons. The molecule has 0 aliphatic rings. The number of hydrogen-bond acceptors (Lipinski definition) is 4. The van der Waals surface area contributed by atoms with Crippen LogP contribution in [0.3, 0.4) is 0 Å². The number of fused-ring (bicyclic) bond motifs is 1. The van der Waals surface area contributed by atoms with E-state index in [1.165, 1.54) is 6.26 Å². The molecule has 0 spiro atoms. The van der Waals surface area contributed by atoms with Gasteiger partial charge in [0.05, 0.1) is 23.0 Å². The Kier molecular flexibility index (Phi) is 5.41.